The zero-order chi connectivity index (χ0) is 39.2. The van der Waals surface area contributed by atoms with Gasteiger partial charge in [-0.2, -0.15) is 11.3 Å². The molecule has 0 amide bonds. The number of aryl methyl sites for hydroxylation is 2. The van der Waals surface area contributed by atoms with Crippen LogP contribution in [0.3, 0.4) is 0 Å². The molecule has 0 aliphatic carbocycles. The van der Waals surface area contributed by atoms with Gasteiger partial charge in [-0.15, -0.1) is 59.2 Å². The summed E-state index contributed by atoms with van der Waals surface area (Å²) in [5.74, 6) is -1.08. The molecule has 0 fully saturated rings. The number of rotatable bonds is 5. The van der Waals surface area contributed by atoms with Crippen molar-refractivity contribution in [3.8, 4) is 33.6 Å². The molecule has 48 heavy (non-hydrogen) atoms. The van der Waals surface area contributed by atoms with Gasteiger partial charge in [0.05, 0.1) is 8.07 Å². The minimum Gasteiger partial charge on any atom is -0.305 e. The number of nitrogens with zero attached hydrogens (tertiary/aromatic N) is 3. The van der Waals surface area contributed by atoms with Crippen molar-refractivity contribution in [2.24, 2.45) is 0 Å². The van der Waals surface area contributed by atoms with Crippen molar-refractivity contribution in [2.45, 2.75) is 53.1 Å². The molecule has 4 heterocycles. The second-order valence-corrected chi connectivity index (χ2v) is 18.6. The van der Waals surface area contributed by atoms with E-state index in [0.29, 0.717) is 21.7 Å². The minimum absolute atomic E-state index is 0. The molecular weight excluding hydrogens is 806 g/mol. The maximum atomic E-state index is 14.9. The summed E-state index contributed by atoms with van der Waals surface area (Å²) in [6.45, 7) is 6.12. The normalized spacial score (nSPS) is 14.2. The quantitative estimate of drug-likeness (QED) is 0.128. The van der Waals surface area contributed by atoms with E-state index >= 15 is 0 Å². The van der Waals surface area contributed by atoms with Crippen LogP contribution in [0.4, 0.5) is 4.39 Å². The van der Waals surface area contributed by atoms with Crippen LogP contribution in [0.5, 0.6) is 0 Å². The molecule has 7 aromatic rings. The Kier molecular flexibility index (Phi) is 8.28. The van der Waals surface area contributed by atoms with Gasteiger partial charge >= 0.3 is 0 Å². The number of thiophene rings is 1. The third-order valence-corrected chi connectivity index (χ3v) is 11.0. The predicted octanol–water partition coefficient (Wildman–Crippen LogP) is 10.9. The van der Waals surface area contributed by atoms with Crippen molar-refractivity contribution in [3.05, 3.63) is 132 Å². The Balaban J connectivity index is 0.000000213. The van der Waals surface area contributed by atoms with Crippen molar-refractivity contribution >= 4 is 44.9 Å². The number of hydrogen-bond donors (Lipinski definition) is 0. The van der Waals surface area contributed by atoms with Gasteiger partial charge in [0.25, 0.3) is 0 Å². The molecule has 4 aromatic heterocycles. The molecule has 7 heteroatoms. The Hall–Kier alpha value is -3.87. The molecule has 0 spiro atoms. The third-order valence-electron chi connectivity index (χ3n) is 7.83. The summed E-state index contributed by atoms with van der Waals surface area (Å²) in [6.07, 6.45) is 3.42. The van der Waals surface area contributed by atoms with Crippen LogP contribution in [0.2, 0.25) is 19.6 Å². The van der Waals surface area contributed by atoms with Gasteiger partial charge in [-0.25, -0.2) is 9.37 Å². The van der Waals surface area contributed by atoms with Crippen LogP contribution in [0.25, 0.3) is 53.9 Å². The van der Waals surface area contributed by atoms with Gasteiger partial charge in [0, 0.05) is 53.4 Å². The summed E-state index contributed by atoms with van der Waals surface area (Å²) < 4.78 is 69.3. The summed E-state index contributed by atoms with van der Waals surface area (Å²) >= 11 is 1.37. The van der Waals surface area contributed by atoms with E-state index in [2.05, 4.69) is 46.7 Å². The number of hydrogen-bond acceptors (Lipinski definition) is 4. The Morgan fingerprint density at radius 1 is 0.875 bits per heavy atom. The van der Waals surface area contributed by atoms with Gasteiger partial charge in [-0.1, -0.05) is 93.8 Å². The van der Waals surface area contributed by atoms with E-state index in [1.165, 1.54) is 40.9 Å². The van der Waals surface area contributed by atoms with E-state index in [0.717, 1.165) is 37.9 Å². The molecule has 3 nitrogen and oxygen atoms in total. The SMILES string of the molecule is [2H]C([2H])([2H])c1c[c-]c(-c2cc(C([2H])(C)C)c([Si](C)(C)C)cn2)cc1.[2H]C([2H])([2H])c1ccc2c(n1)sc1c(-c3cc(F)c(-c4ccccc4)cn3)[c-]ccc12.[Ir]. The van der Waals surface area contributed by atoms with Crippen molar-refractivity contribution in [1.82, 2.24) is 15.0 Å². The molecule has 7 rings (SSSR count). The molecule has 0 unspecified atom stereocenters. The number of benzene rings is 3. The molecule has 0 aliphatic rings. The first-order valence-electron chi connectivity index (χ1n) is 18.7. The smallest absolute Gasteiger partial charge is 0.125 e. The summed E-state index contributed by atoms with van der Waals surface area (Å²) in [4.78, 5) is 14.0. The number of aromatic nitrogens is 3. The van der Waals surface area contributed by atoms with Crippen LogP contribution in [-0.2, 0) is 20.1 Å². The zero-order valence-electron chi connectivity index (χ0n) is 34.2. The number of pyridine rings is 3. The van der Waals surface area contributed by atoms with Gasteiger partial charge in [-0.3, -0.25) is 0 Å². The van der Waals surface area contributed by atoms with Crippen molar-refractivity contribution in [2.75, 3.05) is 0 Å². The van der Waals surface area contributed by atoms with Gasteiger partial charge < -0.3 is 9.97 Å². The average Bonchev–Trinajstić information content (AvgIpc) is 3.49. The van der Waals surface area contributed by atoms with Crippen LogP contribution in [-0.4, -0.2) is 23.0 Å². The van der Waals surface area contributed by atoms with Crippen molar-refractivity contribution in [3.63, 3.8) is 0 Å². The maximum absolute atomic E-state index is 14.9. The second-order valence-electron chi connectivity index (χ2n) is 12.5. The molecule has 0 N–H and O–H groups in total. The van der Waals surface area contributed by atoms with E-state index in [1.54, 1.807) is 24.3 Å². The number of halogens is 1. The average molecular weight is 851 g/mol. The maximum Gasteiger partial charge on any atom is 0.125 e. The zero-order valence-corrected chi connectivity index (χ0v) is 31.4. The molecule has 0 saturated heterocycles. The fourth-order valence-corrected chi connectivity index (χ4v) is 8.17. The molecule has 1 radical (unpaired) electrons. The van der Waals surface area contributed by atoms with Crippen molar-refractivity contribution < 1.29 is 34.1 Å². The summed E-state index contributed by atoms with van der Waals surface area (Å²) in [5, 5.41) is 2.97. The van der Waals surface area contributed by atoms with E-state index in [4.69, 9.17) is 9.60 Å². The van der Waals surface area contributed by atoms with E-state index in [-0.39, 0.29) is 37.2 Å². The molecular formula is C41H38FIrN3SSi-2. The Morgan fingerprint density at radius 3 is 2.33 bits per heavy atom. The summed E-state index contributed by atoms with van der Waals surface area (Å²) in [7, 11) is -1.61. The molecule has 3 aromatic carbocycles. The van der Waals surface area contributed by atoms with E-state index in [1.807, 2.05) is 62.5 Å². The molecule has 245 valence electrons. The van der Waals surface area contributed by atoms with Crippen LogP contribution in [0, 0.1) is 31.7 Å². The molecule has 0 atom stereocenters. The molecule has 0 aliphatic heterocycles. The third kappa shape index (κ3) is 7.55. The van der Waals surface area contributed by atoms with Crippen LogP contribution < -0.4 is 5.19 Å². The summed E-state index contributed by atoms with van der Waals surface area (Å²) in [6, 6.07) is 30.7. The van der Waals surface area contributed by atoms with E-state index in [9.17, 15) is 4.39 Å². The standard InChI is InChI=1S/C23H14FN2S.C18H24NSi.Ir/c1-14-10-11-17-16-8-5-9-18(22(16)27-23(17)26-14)21-12-20(24)19(13-25-21)15-6-3-2-4-7-15;1-13(2)16-11-17(15-9-7-14(3)8-10-15)19-12-18(16)20(4,5)6;/h2-8,10-13H,1H3;7-9,11-13H,1-6H3;/q2*-1;/i1D3;3D3,13D;. The van der Waals surface area contributed by atoms with Gasteiger partial charge in [0.1, 0.15) is 10.6 Å². The largest absolute Gasteiger partial charge is 0.305 e. The first-order chi connectivity index (χ1) is 25.2. The predicted molar refractivity (Wildman–Crippen MR) is 200 cm³/mol. The first-order valence-corrected chi connectivity index (χ1v) is 19.5. The van der Waals surface area contributed by atoms with Gasteiger partial charge in [0.2, 0.25) is 0 Å². The topological polar surface area (TPSA) is 38.7 Å². The fraction of sp³-hybridized carbons (Fsp3) is 0.195. The van der Waals surface area contributed by atoms with Crippen LogP contribution in [0.1, 0.15) is 46.2 Å². The first kappa shape index (κ1) is 27.0. The second kappa shape index (κ2) is 14.7. The van der Waals surface area contributed by atoms with Gasteiger partial charge in [0.15, 0.2) is 0 Å². The minimum atomic E-state index is -2.27. The Labute approximate surface area is 311 Å². The Morgan fingerprint density at radius 2 is 1.67 bits per heavy atom. The summed E-state index contributed by atoms with van der Waals surface area (Å²) in [5.41, 5.74) is 5.13. The number of fused-ring (bicyclic) bond motifs is 3. The molecule has 0 bridgehead atoms. The van der Waals surface area contributed by atoms with Gasteiger partial charge in [-0.05, 0) is 57.1 Å². The van der Waals surface area contributed by atoms with Crippen molar-refractivity contribution in [1.29, 1.82) is 0 Å². The van der Waals surface area contributed by atoms with Crippen LogP contribution >= 0.6 is 11.3 Å². The molecule has 0 saturated carbocycles. The van der Waals surface area contributed by atoms with E-state index < -0.39 is 27.7 Å². The van der Waals surface area contributed by atoms with Crippen LogP contribution in [0.15, 0.2) is 97.3 Å². The fourth-order valence-electron chi connectivity index (χ4n) is 5.41. The Bertz CT molecular complexity index is 2460. The monoisotopic (exact) mass is 851 g/mol.